The maximum atomic E-state index is 13.7. The summed E-state index contributed by atoms with van der Waals surface area (Å²) in [6.45, 7) is 7.83. The molecule has 0 saturated carbocycles. The number of hydrogen-bond acceptors (Lipinski definition) is 12. The van der Waals surface area contributed by atoms with Crippen LogP contribution in [-0.2, 0) is 28.5 Å². The van der Waals surface area contributed by atoms with Gasteiger partial charge in [-0.2, -0.15) is 0 Å². The summed E-state index contributed by atoms with van der Waals surface area (Å²) in [4.78, 5) is 70.7. The van der Waals surface area contributed by atoms with E-state index >= 15 is 0 Å². The number of carbonyl (C=O) groups is 4. The highest BCUT2D eigenvalue weighted by Gasteiger charge is 2.38. The van der Waals surface area contributed by atoms with Crippen molar-refractivity contribution in [3.63, 3.8) is 0 Å². The number of imidazole rings is 2. The lowest BCUT2D eigenvalue weighted by atomic mass is 9.98. The molecule has 0 radical (unpaired) electrons. The molecular formula is C44H58N8O10. The highest BCUT2D eigenvalue weighted by molar-refractivity contribution is 5.87. The molecule has 2 aliphatic rings. The summed E-state index contributed by atoms with van der Waals surface area (Å²) >= 11 is 0. The summed E-state index contributed by atoms with van der Waals surface area (Å²) < 4.78 is 32.8. The van der Waals surface area contributed by atoms with E-state index in [2.05, 4.69) is 30.3 Å². The van der Waals surface area contributed by atoms with Crippen LogP contribution in [0.5, 0.6) is 11.5 Å². The van der Waals surface area contributed by atoms with Gasteiger partial charge in [0.1, 0.15) is 48.4 Å². The van der Waals surface area contributed by atoms with Gasteiger partial charge in [-0.05, 0) is 62.8 Å². The van der Waals surface area contributed by atoms with E-state index in [0.717, 1.165) is 59.3 Å². The zero-order valence-corrected chi connectivity index (χ0v) is 36.4. The van der Waals surface area contributed by atoms with E-state index in [9.17, 15) is 19.2 Å². The molecule has 2 aliphatic heterocycles. The first-order valence-corrected chi connectivity index (χ1v) is 20.9. The largest absolute Gasteiger partial charge is 0.491 e. The Morgan fingerprint density at radius 3 is 1.60 bits per heavy atom. The molecule has 6 rings (SSSR count). The normalized spacial score (nSPS) is 17.2. The first-order chi connectivity index (χ1) is 30.0. The number of methoxy groups -OCH3 is 4. The smallest absolute Gasteiger partial charge is 0.407 e. The van der Waals surface area contributed by atoms with Crippen LogP contribution in [0.1, 0.15) is 70.2 Å². The van der Waals surface area contributed by atoms with Crippen molar-refractivity contribution >= 4 is 24.0 Å². The Hall–Kier alpha value is -6.14. The Morgan fingerprint density at radius 2 is 1.15 bits per heavy atom. The lowest BCUT2D eigenvalue weighted by Crippen LogP contribution is -2.51. The minimum absolute atomic E-state index is 0.147. The number of rotatable bonds is 18. The van der Waals surface area contributed by atoms with Crippen molar-refractivity contribution in [2.24, 2.45) is 5.92 Å². The molecular weight excluding hydrogens is 801 g/mol. The van der Waals surface area contributed by atoms with Gasteiger partial charge >= 0.3 is 12.2 Å². The summed E-state index contributed by atoms with van der Waals surface area (Å²) in [5.41, 5.74) is 4.70. The second-order valence-electron chi connectivity index (χ2n) is 15.6. The molecule has 0 spiro atoms. The summed E-state index contributed by atoms with van der Waals surface area (Å²) in [5.74, 6) is 1.95. The number of ether oxygens (including phenoxy) is 6. The summed E-state index contributed by atoms with van der Waals surface area (Å²) in [7, 11) is 5.77. The summed E-state index contributed by atoms with van der Waals surface area (Å²) in [6.07, 6.45) is 5.23. The number of carbonyl (C=O) groups excluding carboxylic acids is 4. The van der Waals surface area contributed by atoms with Gasteiger partial charge in [0.05, 0.1) is 63.3 Å². The molecule has 2 aromatic carbocycles. The van der Waals surface area contributed by atoms with Gasteiger partial charge in [0.15, 0.2) is 0 Å². The van der Waals surface area contributed by atoms with Gasteiger partial charge < -0.3 is 58.8 Å². The molecule has 2 saturated heterocycles. The van der Waals surface area contributed by atoms with Gasteiger partial charge in [0, 0.05) is 49.6 Å². The van der Waals surface area contributed by atoms with E-state index in [1.165, 1.54) is 14.2 Å². The van der Waals surface area contributed by atoms with Crippen molar-refractivity contribution in [2.45, 2.75) is 70.6 Å². The number of H-pyrrole nitrogens is 2. The minimum atomic E-state index is -0.756. The molecule has 4 amide bonds. The zero-order valence-electron chi connectivity index (χ0n) is 36.4. The van der Waals surface area contributed by atoms with Gasteiger partial charge in [-0.25, -0.2) is 19.6 Å². The average Bonchev–Trinajstić information content (AvgIpc) is 4.12. The van der Waals surface area contributed by atoms with Gasteiger partial charge in [-0.3, -0.25) is 9.59 Å². The monoisotopic (exact) mass is 858 g/mol. The molecule has 2 fully saturated rings. The minimum Gasteiger partial charge on any atom is -0.491 e. The Morgan fingerprint density at radius 1 is 0.677 bits per heavy atom. The lowest BCUT2D eigenvalue weighted by molar-refractivity contribution is -0.135. The van der Waals surface area contributed by atoms with Gasteiger partial charge in [0.25, 0.3) is 0 Å². The van der Waals surface area contributed by atoms with Crippen molar-refractivity contribution in [1.82, 2.24) is 40.4 Å². The lowest BCUT2D eigenvalue weighted by Gasteiger charge is -2.30. The van der Waals surface area contributed by atoms with Crippen molar-refractivity contribution < 1.29 is 47.6 Å². The van der Waals surface area contributed by atoms with E-state index in [1.807, 2.05) is 50.2 Å². The van der Waals surface area contributed by atoms with Crippen LogP contribution in [0.3, 0.4) is 0 Å². The molecule has 4 unspecified atom stereocenters. The van der Waals surface area contributed by atoms with Crippen LogP contribution in [0.4, 0.5) is 9.59 Å². The van der Waals surface area contributed by atoms with Crippen LogP contribution < -0.4 is 20.1 Å². The fourth-order valence-corrected chi connectivity index (χ4v) is 7.89. The number of aromatic nitrogens is 4. The number of benzene rings is 2. The molecule has 4 heterocycles. The third-order valence-electron chi connectivity index (χ3n) is 11.1. The van der Waals surface area contributed by atoms with E-state index in [4.69, 9.17) is 28.7 Å². The number of aromatic amines is 2. The average molecular weight is 859 g/mol. The van der Waals surface area contributed by atoms with Crippen LogP contribution in [-0.4, -0.2) is 134 Å². The predicted molar refractivity (Wildman–Crippen MR) is 228 cm³/mol. The fourth-order valence-electron chi connectivity index (χ4n) is 7.89. The molecule has 2 aromatic heterocycles. The number of nitrogens with one attached hydrogen (secondary N) is 4. The van der Waals surface area contributed by atoms with Gasteiger partial charge in [-0.15, -0.1) is 0 Å². The third-order valence-corrected chi connectivity index (χ3v) is 11.1. The molecule has 4 N–H and O–H groups in total. The molecule has 62 heavy (non-hydrogen) atoms. The van der Waals surface area contributed by atoms with Crippen LogP contribution in [0.15, 0.2) is 48.8 Å². The number of nitrogens with zero attached hydrogens (tertiary/aromatic N) is 4. The maximum Gasteiger partial charge on any atom is 0.407 e. The van der Waals surface area contributed by atoms with E-state index in [-0.39, 0.29) is 29.8 Å². The first-order valence-electron chi connectivity index (χ1n) is 20.9. The van der Waals surface area contributed by atoms with Crippen molar-refractivity contribution in [3.05, 3.63) is 60.4 Å². The van der Waals surface area contributed by atoms with E-state index in [0.29, 0.717) is 62.7 Å². The molecule has 334 valence electrons. The second-order valence-corrected chi connectivity index (χ2v) is 15.6. The third kappa shape index (κ3) is 10.5. The van der Waals surface area contributed by atoms with Gasteiger partial charge in [0.2, 0.25) is 11.8 Å². The first kappa shape index (κ1) is 45.4. The predicted octanol–water partition coefficient (Wildman–Crippen LogP) is 5.64. The molecule has 18 nitrogen and oxygen atoms in total. The Kier molecular flexibility index (Phi) is 15.4. The van der Waals surface area contributed by atoms with Crippen LogP contribution in [0.2, 0.25) is 0 Å². The summed E-state index contributed by atoms with van der Waals surface area (Å²) in [6, 6.07) is 9.73. The topological polar surface area (TPSA) is 212 Å². The number of hydrogen-bond donors (Lipinski definition) is 4. The zero-order chi connectivity index (χ0) is 44.3. The second kappa shape index (κ2) is 21.1. The van der Waals surface area contributed by atoms with E-state index < -0.39 is 24.3 Å². The fraction of sp³-hybridized carbons (Fsp3) is 0.500. The molecule has 18 heteroatoms. The molecule has 4 aromatic rings. The Bertz CT molecular complexity index is 2170. The molecule has 0 aliphatic carbocycles. The highest BCUT2D eigenvalue weighted by atomic mass is 16.5. The van der Waals surface area contributed by atoms with Crippen LogP contribution in [0, 0.1) is 5.92 Å². The Balaban J connectivity index is 1.27. The maximum absolute atomic E-state index is 13.7. The van der Waals surface area contributed by atoms with Crippen molar-refractivity contribution in [3.8, 4) is 45.1 Å². The number of likely N-dealkylation sites (tertiary alicyclic amines) is 2. The number of alkyl carbamates (subject to hydrolysis) is 2. The molecule has 4 atom stereocenters. The number of amides is 4. The van der Waals surface area contributed by atoms with Crippen LogP contribution in [0.25, 0.3) is 33.6 Å². The quantitative estimate of drug-likeness (QED) is 0.0897. The molecule has 0 bridgehead atoms. The van der Waals surface area contributed by atoms with Crippen molar-refractivity contribution in [2.75, 3.05) is 68.0 Å². The van der Waals surface area contributed by atoms with E-state index in [1.54, 1.807) is 43.3 Å². The SMILES string of the molecule is COCCOc1cc(-c2cnc(C3CCCN3C(=O)C(C)NC(=O)OC)[nH]2)ccc1-c1ccc(-c2cnc(C3CCCN3C(=O)C(NC(=O)OC)C(C)C)[nH]2)cc1OCCOC. The van der Waals surface area contributed by atoms with Crippen molar-refractivity contribution in [1.29, 1.82) is 0 Å². The van der Waals surface area contributed by atoms with Gasteiger partial charge in [-0.1, -0.05) is 26.0 Å². The summed E-state index contributed by atoms with van der Waals surface area (Å²) in [5, 5.41) is 5.26. The Labute approximate surface area is 361 Å². The highest BCUT2D eigenvalue weighted by Crippen LogP contribution is 2.42. The van der Waals surface area contributed by atoms with Crippen LogP contribution >= 0.6 is 0 Å². The standard InChI is InChI=1S/C44H58N8O10/c1-26(2)38(50-44(56)60-7)42(54)52-17-9-11-35(52)40-46-25-33(49-40)29-13-15-31(37(23-29)62-21-19-58-5)30-14-12-28(22-36(30)61-20-18-57-4)32-24-45-39(48-32)34-10-8-16-51(34)41(53)27(3)47-43(55)59-6/h12-15,22-27,34-35,38H,8-11,16-21H2,1-7H3,(H,45,48)(H,46,49)(H,47,55)(H,50,56).